The number of nitrogens with zero attached hydrogens (tertiary/aromatic N) is 1. The Morgan fingerprint density at radius 1 is 1.35 bits per heavy atom. The molecular formula is C10H16N2O4S. The highest BCUT2D eigenvalue weighted by molar-refractivity contribution is 7.86. The van der Waals surface area contributed by atoms with Crippen molar-refractivity contribution in [2.24, 2.45) is 0 Å². The van der Waals surface area contributed by atoms with Crippen LogP contribution in [0.25, 0.3) is 0 Å². The van der Waals surface area contributed by atoms with Gasteiger partial charge in [0, 0.05) is 11.8 Å². The monoisotopic (exact) mass is 260 g/mol. The van der Waals surface area contributed by atoms with E-state index < -0.39 is 15.4 Å². The molecule has 0 bridgehead atoms. The first kappa shape index (κ1) is 12.4. The molecule has 0 atom stereocenters. The summed E-state index contributed by atoms with van der Waals surface area (Å²) in [6, 6.07) is 1.53. The fourth-order valence-electron chi connectivity index (χ4n) is 2.40. The van der Waals surface area contributed by atoms with Gasteiger partial charge in [0.1, 0.15) is 0 Å². The standard InChI is InChI=1S/C10H16N2O4S/c1-7-6-10(13)12(11-7)8-2-4-9(5-3-8)17(14,15)16/h6,8-9,11H,2-5H2,1H3,(H,14,15,16). The zero-order chi connectivity index (χ0) is 12.6. The minimum absolute atomic E-state index is 0.00852. The molecule has 7 heteroatoms. The van der Waals surface area contributed by atoms with Gasteiger partial charge in [-0.2, -0.15) is 8.42 Å². The molecular weight excluding hydrogens is 244 g/mol. The molecule has 1 aromatic rings. The lowest BCUT2D eigenvalue weighted by Crippen LogP contribution is -2.31. The van der Waals surface area contributed by atoms with Crippen molar-refractivity contribution >= 4 is 10.1 Å². The molecule has 6 nitrogen and oxygen atoms in total. The van der Waals surface area contributed by atoms with Crippen LogP contribution in [0.3, 0.4) is 0 Å². The molecule has 0 aliphatic heterocycles. The van der Waals surface area contributed by atoms with Crippen molar-refractivity contribution in [1.29, 1.82) is 0 Å². The van der Waals surface area contributed by atoms with Gasteiger partial charge in [-0.05, 0) is 32.6 Å². The van der Waals surface area contributed by atoms with Crippen LogP contribution in [0.1, 0.15) is 37.4 Å². The van der Waals surface area contributed by atoms with Crippen molar-refractivity contribution in [2.75, 3.05) is 0 Å². The lowest BCUT2D eigenvalue weighted by Gasteiger charge is -2.26. The summed E-state index contributed by atoms with van der Waals surface area (Å²) in [5.74, 6) is 0. The number of aryl methyl sites for hydroxylation is 1. The second kappa shape index (κ2) is 4.30. The molecule has 2 N–H and O–H groups in total. The lowest BCUT2D eigenvalue weighted by atomic mass is 9.95. The van der Waals surface area contributed by atoms with E-state index in [1.165, 1.54) is 6.07 Å². The maximum Gasteiger partial charge on any atom is 0.267 e. The number of hydrogen-bond donors (Lipinski definition) is 2. The Labute approximate surface area is 99.4 Å². The highest BCUT2D eigenvalue weighted by Gasteiger charge is 2.30. The van der Waals surface area contributed by atoms with E-state index in [4.69, 9.17) is 4.55 Å². The molecule has 2 rings (SSSR count). The summed E-state index contributed by atoms with van der Waals surface area (Å²) in [4.78, 5) is 11.6. The molecule has 1 fully saturated rings. The van der Waals surface area contributed by atoms with Crippen LogP contribution in [-0.2, 0) is 10.1 Å². The number of hydrogen-bond acceptors (Lipinski definition) is 3. The molecule has 0 spiro atoms. The van der Waals surface area contributed by atoms with Gasteiger partial charge in [-0.1, -0.05) is 0 Å². The molecule has 1 aliphatic rings. The van der Waals surface area contributed by atoms with Crippen LogP contribution in [0.15, 0.2) is 10.9 Å². The van der Waals surface area contributed by atoms with Crippen molar-refractivity contribution in [3.8, 4) is 0 Å². The van der Waals surface area contributed by atoms with Crippen molar-refractivity contribution in [3.63, 3.8) is 0 Å². The molecule has 0 radical (unpaired) electrons. The summed E-state index contributed by atoms with van der Waals surface area (Å²) in [5.41, 5.74) is 0.713. The van der Waals surface area contributed by atoms with Gasteiger partial charge in [-0.3, -0.25) is 14.4 Å². The van der Waals surface area contributed by atoms with E-state index in [0.29, 0.717) is 25.7 Å². The third kappa shape index (κ3) is 2.61. The van der Waals surface area contributed by atoms with Gasteiger partial charge in [0.05, 0.1) is 11.3 Å². The van der Waals surface area contributed by atoms with E-state index in [1.54, 1.807) is 4.68 Å². The van der Waals surface area contributed by atoms with Gasteiger partial charge in [0.2, 0.25) is 0 Å². The fourth-order valence-corrected chi connectivity index (χ4v) is 3.27. The van der Waals surface area contributed by atoms with E-state index in [9.17, 15) is 13.2 Å². The second-order valence-corrected chi connectivity index (χ2v) is 6.29. The molecule has 1 aliphatic carbocycles. The molecule has 0 unspecified atom stereocenters. The number of nitrogens with one attached hydrogen (secondary N) is 1. The van der Waals surface area contributed by atoms with E-state index in [2.05, 4.69) is 5.10 Å². The molecule has 0 amide bonds. The first-order valence-electron chi connectivity index (χ1n) is 5.62. The van der Waals surface area contributed by atoms with Crippen molar-refractivity contribution in [1.82, 2.24) is 9.78 Å². The normalized spacial score (nSPS) is 26.0. The Bertz CT molecular complexity index is 549. The average molecular weight is 260 g/mol. The molecule has 0 saturated heterocycles. The molecule has 96 valence electrons. The topological polar surface area (TPSA) is 92.2 Å². The van der Waals surface area contributed by atoms with Gasteiger partial charge in [0.25, 0.3) is 15.7 Å². The van der Waals surface area contributed by atoms with Crippen LogP contribution in [-0.4, -0.2) is 28.0 Å². The van der Waals surface area contributed by atoms with Crippen molar-refractivity contribution in [2.45, 2.75) is 43.9 Å². The molecule has 0 aromatic carbocycles. The minimum Gasteiger partial charge on any atom is -0.300 e. The Hall–Kier alpha value is -1.08. The van der Waals surface area contributed by atoms with Crippen molar-refractivity contribution in [3.05, 3.63) is 22.1 Å². The van der Waals surface area contributed by atoms with Gasteiger partial charge >= 0.3 is 0 Å². The van der Waals surface area contributed by atoms with E-state index in [0.717, 1.165) is 5.69 Å². The van der Waals surface area contributed by atoms with Gasteiger partial charge in [-0.25, -0.2) is 4.68 Å². The number of aromatic amines is 1. The number of aromatic nitrogens is 2. The first-order valence-corrected chi connectivity index (χ1v) is 7.12. The van der Waals surface area contributed by atoms with Crippen LogP contribution in [0, 0.1) is 6.92 Å². The molecule has 1 saturated carbocycles. The molecule has 17 heavy (non-hydrogen) atoms. The minimum atomic E-state index is -3.93. The number of rotatable bonds is 2. The fraction of sp³-hybridized carbons (Fsp3) is 0.700. The van der Waals surface area contributed by atoms with Crippen LogP contribution in [0.4, 0.5) is 0 Å². The maximum atomic E-state index is 11.6. The summed E-state index contributed by atoms with van der Waals surface area (Å²) in [7, 11) is -3.93. The summed E-state index contributed by atoms with van der Waals surface area (Å²) in [5, 5.41) is 2.28. The van der Waals surface area contributed by atoms with Gasteiger partial charge in [-0.15, -0.1) is 0 Å². The largest absolute Gasteiger partial charge is 0.300 e. The first-order chi connectivity index (χ1) is 7.88. The van der Waals surface area contributed by atoms with Gasteiger partial charge < -0.3 is 0 Å². The van der Waals surface area contributed by atoms with E-state index in [-0.39, 0.29) is 11.6 Å². The summed E-state index contributed by atoms with van der Waals surface area (Å²) >= 11 is 0. The quantitative estimate of drug-likeness (QED) is 0.771. The average Bonchev–Trinajstić information content (AvgIpc) is 2.57. The maximum absolute atomic E-state index is 11.6. The van der Waals surface area contributed by atoms with E-state index >= 15 is 0 Å². The summed E-state index contributed by atoms with van der Waals surface area (Å²) < 4.78 is 32.5. The molecule has 1 heterocycles. The predicted octanol–water partition coefficient (Wildman–Crippen LogP) is 0.856. The third-order valence-corrected chi connectivity index (χ3v) is 4.62. The summed E-state index contributed by atoms with van der Waals surface area (Å²) in [6.07, 6.45) is 1.97. The zero-order valence-corrected chi connectivity index (χ0v) is 10.4. The SMILES string of the molecule is Cc1cc(=O)n(C2CCC(S(=O)(=O)O)CC2)[nH]1. The Kier molecular flexibility index (Phi) is 3.13. The van der Waals surface area contributed by atoms with Crippen molar-refractivity contribution < 1.29 is 13.0 Å². The highest BCUT2D eigenvalue weighted by Crippen LogP contribution is 2.30. The number of H-pyrrole nitrogens is 1. The van der Waals surface area contributed by atoms with Gasteiger partial charge in [0.15, 0.2) is 0 Å². The highest BCUT2D eigenvalue weighted by atomic mass is 32.2. The summed E-state index contributed by atoms with van der Waals surface area (Å²) in [6.45, 7) is 1.81. The Morgan fingerprint density at radius 3 is 2.35 bits per heavy atom. The predicted molar refractivity (Wildman–Crippen MR) is 62.6 cm³/mol. The third-order valence-electron chi connectivity index (χ3n) is 3.30. The Morgan fingerprint density at radius 2 is 1.94 bits per heavy atom. The second-order valence-electron chi connectivity index (χ2n) is 4.59. The lowest BCUT2D eigenvalue weighted by molar-refractivity contribution is 0.314. The van der Waals surface area contributed by atoms with Crippen LogP contribution in [0.2, 0.25) is 0 Å². The van der Waals surface area contributed by atoms with Crippen LogP contribution < -0.4 is 5.56 Å². The molecule has 1 aromatic heterocycles. The van der Waals surface area contributed by atoms with E-state index in [1.807, 2.05) is 6.92 Å². The van der Waals surface area contributed by atoms with Crippen LogP contribution in [0.5, 0.6) is 0 Å². The Balaban J connectivity index is 2.10. The smallest absolute Gasteiger partial charge is 0.267 e. The van der Waals surface area contributed by atoms with Crippen LogP contribution >= 0.6 is 0 Å². The zero-order valence-electron chi connectivity index (χ0n) is 9.59.